The molecular weight excluding hydrogens is 474 g/mol. The van der Waals surface area contributed by atoms with Crippen molar-refractivity contribution in [2.45, 2.75) is 13.0 Å². The number of nitrogens with zero attached hydrogens (tertiary/aromatic N) is 4. The van der Waals surface area contributed by atoms with E-state index in [-0.39, 0.29) is 5.91 Å². The molecule has 0 saturated carbocycles. The molecule has 2 saturated heterocycles. The number of aromatic amines is 1. The number of nitriles is 1. The molecule has 2 fully saturated rings. The minimum absolute atomic E-state index is 0.0535. The summed E-state index contributed by atoms with van der Waals surface area (Å²) in [5, 5.41) is 16.8. The van der Waals surface area contributed by atoms with Gasteiger partial charge in [-0.25, -0.2) is 4.98 Å². The summed E-state index contributed by atoms with van der Waals surface area (Å²) >= 11 is 0. The number of aromatic nitrogens is 2. The Hall–Kier alpha value is -4.01. The molecule has 3 aliphatic rings. The zero-order valence-electron chi connectivity index (χ0n) is 20.7. The fourth-order valence-electron chi connectivity index (χ4n) is 5.05. The molecule has 3 aromatic rings. The maximum absolute atomic E-state index is 13.5. The van der Waals surface area contributed by atoms with Crippen molar-refractivity contribution < 1.29 is 19.0 Å². The van der Waals surface area contributed by atoms with Gasteiger partial charge in [0, 0.05) is 45.0 Å². The number of benzene rings is 1. The highest BCUT2D eigenvalue weighted by Crippen LogP contribution is 2.42. The van der Waals surface area contributed by atoms with Gasteiger partial charge in [0.05, 0.1) is 47.1 Å². The van der Waals surface area contributed by atoms with Crippen LogP contribution in [0.5, 0.6) is 11.5 Å². The van der Waals surface area contributed by atoms with Crippen molar-refractivity contribution in [3.8, 4) is 17.6 Å². The van der Waals surface area contributed by atoms with E-state index in [2.05, 4.69) is 31.6 Å². The summed E-state index contributed by atoms with van der Waals surface area (Å²) in [5.74, 6) is 1.47. The summed E-state index contributed by atoms with van der Waals surface area (Å²) in [6.45, 7) is 8.04. The van der Waals surface area contributed by atoms with E-state index in [4.69, 9.17) is 14.2 Å². The van der Waals surface area contributed by atoms with Gasteiger partial charge in [-0.05, 0) is 19.1 Å². The molecule has 3 aliphatic heterocycles. The molecule has 37 heavy (non-hydrogen) atoms. The first kappa shape index (κ1) is 23.4. The number of pyridine rings is 1. The number of fused-ring (bicyclic) bond motifs is 2. The quantitative estimate of drug-likeness (QED) is 0.465. The lowest BCUT2D eigenvalue weighted by molar-refractivity contribution is -0.0746. The molecular formula is C26H29N7O4. The monoisotopic (exact) mass is 503 g/mol. The van der Waals surface area contributed by atoms with Gasteiger partial charge in [-0.3, -0.25) is 9.69 Å². The zero-order chi connectivity index (χ0) is 25.4. The standard InChI is InChI=1S/C26H29N7O4/c1-2-28-20-11-21(31-25-22(20)16(12-27)13-29-25)30-19-4-3-18(23-24(19)37-10-9-36-23)26(34)33-7-5-32(6-8-33)17-14-35-15-17/h3-4,11,13,17H,2,5-10,14-15H2,1H3,(H3,28,29,30,31). The maximum atomic E-state index is 13.5. The Labute approximate surface area is 214 Å². The minimum Gasteiger partial charge on any atom is -0.485 e. The van der Waals surface area contributed by atoms with Crippen molar-refractivity contribution in [2.75, 3.05) is 69.8 Å². The number of piperazine rings is 1. The van der Waals surface area contributed by atoms with E-state index in [1.54, 1.807) is 12.3 Å². The minimum atomic E-state index is -0.0535. The van der Waals surface area contributed by atoms with Crippen LogP contribution >= 0.6 is 0 Å². The van der Waals surface area contributed by atoms with E-state index in [0.717, 1.165) is 37.4 Å². The molecule has 3 N–H and O–H groups in total. The molecule has 0 aliphatic carbocycles. The molecule has 11 nitrogen and oxygen atoms in total. The Morgan fingerprint density at radius 1 is 1.16 bits per heavy atom. The fraction of sp³-hybridized carbons (Fsp3) is 0.423. The number of nitrogens with one attached hydrogen (secondary N) is 3. The number of ether oxygens (including phenoxy) is 3. The number of hydrogen-bond donors (Lipinski definition) is 3. The van der Waals surface area contributed by atoms with Crippen LogP contribution in [0.2, 0.25) is 0 Å². The largest absolute Gasteiger partial charge is 0.485 e. The molecule has 5 heterocycles. The number of amides is 1. The van der Waals surface area contributed by atoms with Gasteiger partial charge in [-0.1, -0.05) is 0 Å². The molecule has 0 atom stereocenters. The summed E-state index contributed by atoms with van der Waals surface area (Å²) in [6, 6.07) is 8.16. The number of H-pyrrole nitrogens is 1. The number of anilines is 3. The molecule has 0 unspecified atom stereocenters. The van der Waals surface area contributed by atoms with Crippen LogP contribution < -0.4 is 20.1 Å². The second-order valence-electron chi connectivity index (χ2n) is 9.28. The molecule has 0 spiro atoms. The average molecular weight is 504 g/mol. The van der Waals surface area contributed by atoms with Crippen molar-refractivity contribution in [3.05, 3.63) is 35.5 Å². The van der Waals surface area contributed by atoms with Gasteiger partial charge >= 0.3 is 0 Å². The SMILES string of the molecule is CCNc1cc(Nc2ccc(C(=O)N3CCN(C4COC4)CC3)c3c2OCCO3)nc2[nH]cc(C#N)c12. The van der Waals surface area contributed by atoms with E-state index < -0.39 is 0 Å². The third-order valence-electron chi connectivity index (χ3n) is 7.05. The molecule has 192 valence electrons. The van der Waals surface area contributed by atoms with Crippen molar-refractivity contribution >= 4 is 34.1 Å². The topological polar surface area (TPSA) is 128 Å². The maximum Gasteiger partial charge on any atom is 0.257 e. The van der Waals surface area contributed by atoms with Crippen LogP contribution in [0.1, 0.15) is 22.8 Å². The smallest absolute Gasteiger partial charge is 0.257 e. The van der Waals surface area contributed by atoms with Gasteiger partial charge in [0.1, 0.15) is 30.7 Å². The first-order valence-electron chi connectivity index (χ1n) is 12.6. The molecule has 0 bridgehead atoms. The first-order chi connectivity index (χ1) is 18.2. The Balaban J connectivity index is 1.27. The Kier molecular flexibility index (Phi) is 6.20. The highest BCUT2D eigenvalue weighted by Gasteiger charge is 2.32. The normalized spacial score (nSPS) is 17.8. The molecule has 11 heteroatoms. The predicted octanol–water partition coefficient (Wildman–Crippen LogP) is 2.54. The Morgan fingerprint density at radius 2 is 1.95 bits per heavy atom. The summed E-state index contributed by atoms with van der Waals surface area (Å²) in [4.78, 5) is 25.5. The van der Waals surface area contributed by atoms with E-state index in [0.29, 0.717) is 78.7 Å². The number of hydrogen-bond acceptors (Lipinski definition) is 9. The third-order valence-corrected chi connectivity index (χ3v) is 7.05. The molecule has 2 aromatic heterocycles. The van der Waals surface area contributed by atoms with Crippen LogP contribution in [0.3, 0.4) is 0 Å². The lowest BCUT2D eigenvalue weighted by atomic mass is 10.1. The van der Waals surface area contributed by atoms with Gasteiger partial charge in [0.15, 0.2) is 11.5 Å². The predicted molar refractivity (Wildman–Crippen MR) is 138 cm³/mol. The molecule has 6 rings (SSSR count). The van der Waals surface area contributed by atoms with Crippen molar-refractivity contribution in [2.24, 2.45) is 0 Å². The van der Waals surface area contributed by atoms with Crippen LogP contribution in [-0.2, 0) is 4.74 Å². The van der Waals surface area contributed by atoms with Crippen LogP contribution in [-0.4, -0.2) is 90.9 Å². The van der Waals surface area contributed by atoms with Crippen molar-refractivity contribution in [1.82, 2.24) is 19.8 Å². The molecule has 0 radical (unpaired) electrons. The highest BCUT2D eigenvalue weighted by atomic mass is 16.6. The van der Waals surface area contributed by atoms with Gasteiger partial charge in [-0.15, -0.1) is 0 Å². The van der Waals surface area contributed by atoms with Gasteiger partial charge in [0.2, 0.25) is 0 Å². The summed E-state index contributed by atoms with van der Waals surface area (Å²) in [5.41, 5.74) is 3.09. The zero-order valence-corrected chi connectivity index (χ0v) is 20.7. The van der Waals surface area contributed by atoms with Crippen LogP contribution in [0, 0.1) is 11.3 Å². The van der Waals surface area contributed by atoms with Crippen molar-refractivity contribution in [3.63, 3.8) is 0 Å². The van der Waals surface area contributed by atoms with Crippen LogP contribution in [0.15, 0.2) is 24.4 Å². The number of carbonyl (C=O) groups excluding carboxylic acids is 1. The second kappa shape index (κ2) is 9.80. The average Bonchev–Trinajstić information content (AvgIpc) is 3.31. The van der Waals surface area contributed by atoms with E-state index >= 15 is 0 Å². The molecule has 1 amide bonds. The molecule has 1 aromatic carbocycles. The third kappa shape index (κ3) is 4.28. The van der Waals surface area contributed by atoms with E-state index in [9.17, 15) is 10.1 Å². The number of rotatable bonds is 6. The lowest BCUT2D eigenvalue weighted by Gasteiger charge is -2.42. The second-order valence-corrected chi connectivity index (χ2v) is 9.28. The highest BCUT2D eigenvalue weighted by molar-refractivity contribution is 6.00. The fourth-order valence-corrected chi connectivity index (χ4v) is 5.05. The van der Waals surface area contributed by atoms with Gasteiger partial charge in [-0.2, -0.15) is 5.26 Å². The van der Waals surface area contributed by atoms with E-state index in [1.807, 2.05) is 24.0 Å². The van der Waals surface area contributed by atoms with Crippen molar-refractivity contribution in [1.29, 1.82) is 5.26 Å². The van der Waals surface area contributed by atoms with Gasteiger partial charge in [0.25, 0.3) is 5.91 Å². The summed E-state index contributed by atoms with van der Waals surface area (Å²) in [7, 11) is 0. The Morgan fingerprint density at radius 3 is 2.65 bits per heavy atom. The summed E-state index contributed by atoms with van der Waals surface area (Å²) in [6.07, 6.45) is 1.65. The first-order valence-corrected chi connectivity index (χ1v) is 12.6. The Bertz CT molecular complexity index is 1370. The summed E-state index contributed by atoms with van der Waals surface area (Å²) < 4.78 is 17.3. The lowest BCUT2D eigenvalue weighted by Crippen LogP contribution is -2.57. The van der Waals surface area contributed by atoms with Crippen LogP contribution in [0.25, 0.3) is 11.0 Å². The van der Waals surface area contributed by atoms with E-state index in [1.165, 1.54) is 0 Å². The van der Waals surface area contributed by atoms with Crippen LogP contribution in [0.4, 0.5) is 17.2 Å². The number of carbonyl (C=O) groups is 1. The van der Waals surface area contributed by atoms with Gasteiger partial charge < -0.3 is 34.7 Å².